The smallest absolute Gasteiger partial charge is 0.321 e. The molecule has 4 radical (unpaired) electrons. The number of unbranched alkanes of at least 4 members (excludes halogenated alkanes) is 2. The van der Waals surface area contributed by atoms with E-state index in [0.717, 1.165) is 38.0 Å². The van der Waals surface area contributed by atoms with E-state index in [1.54, 1.807) is 44.5 Å². The van der Waals surface area contributed by atoms with Gasteiger partial charge in [-0.25, -0.2) is 9.97 Å². The number of hydrogen-bond donors (Lipinski definition) is 5. The van der Waals surface area contributed by atoms with Crippen molar-refractivity contribution < 1.29 is 9.90 Å². The van der Waals surface area contributed by atoms with Gasteiger partial charge in [-0.05, 0) is 13.0 Å². The normalized spacial score (nSPS) is 10.2. The van der Waals surface area contributed by atoms with E-state index in [2.05, 4.69) is 58.7 Å². The minimum Gasteiger partial charge on any atom is -0.480 e. The lowest BCUT2D eigenvalue weighted by atomic mass is 9.26. The van der Waals surface area contributed by atoms with E-state index in [4.69, 9.17) is 12.8 Å². The molecule has 1 atom stereocenters. The zero-order chi connectivity index (χ0) is 22.2. The lowest BCUT2D eigenvalue weighted by Gasteiger charge is -2.10. The highest BCUT2D eigenvalue weighted by Crippen LogP contribution is 1.96. The first-order valence-electron chi connectivity index (χ1n) is 9.78. The number of nitrogens with one attached hydrogen (secondary N) is 3. The lowest BCUT2D eigenvalue weighted by Crippen LogP contribution is -2.38. The fourth-order valence-electron chi connectivity index (χ4n) is 1.66. The van der Waals surface area contributed by atoms with Crippen molar-refractivity contribution in [2.75, 3.05) is 12.3 Å². The van der Waals surface area contributed by atoms with Crippen LogP contribution in [0.1, 0.15) is 40.0 Å². The molecule has 2 aromatic rings. The minimum absolute atomic E-state index is 0.349. The van der Waals surface area contributed by atoms with Gasteiger partial charge < -0.3 is 20.4 Å². The predicted octanol–water partition coefficient (Wildman–Crippen LogP) is 2.44. The molecule has 0 aliphatic carbocycles. The summed E-state index contributed by atoms with van der Waals surface area (Å²) in [5.41, 5.74) is 0. The molecule has 4 N–H and O–H groups in total. The number of carbonyl (C=O) groups is 1. The number of carboxylic acids is 1. The van der Waals surface area contributed by atoms with E-state index in [9.17, 15) is 4.79 Å². The Morgan fingerprint density at radius 1 is 1.21 bits per heavy atom. The number of imidazole rings is 2. The molecule has 0 aliphatic heterocycles. The van der Waals surface area contributed by atoms with Crippen molar-refractivity contribution in [3.05, 3.63) is 37.4 Å². The van der Waals surface area contributed by atoms with Gasteiger partial charge in [-0.2, -0.15) is 12.6 Å². The fourth-order valence-corrected chi connectivity index (χ4v) is 1.95. The highest BCUT2D eigenvalue weighted by molar-refractivity contribution is 7.80. The molecule has 2 rings (SSSR count). The summed E-state index contributed by atoms with van der Waals surface area (Å²) in [6.07, 6.45) is 14.6. The van der Waals surface area contributed by atoms with Gasteiger partial charge >= 0.3 is 5.97 Å². The van der Waals surface area contributed by atoms with Gasteiger partial charge in [0, 0.05) is 45.3 Å². The second kappa shape index (κ2) is 24.4. The summed E-state index contributed by atoms with van der Waals surface area (Å²) in [6, 6.07) is -0.495. The SMILES string of the molecule is CCCCCNC(CS)C(=O)O.[B][B][B]CC(C)C.c1c[nH]cn1.c1c[nH]cn1. The van der Waals surface area contributed by atoms with Crippen molar-refractivity contribution in [2.45, 2.75) is 52.4 Å². The third kappa shape index (κ3) is 26.4. The molecule has 2 aromatic heterocycles. The van der Waals surface area contributed by atoms with E-state index in [1.807, 2.05) is 7.17 Å². The monoisotopic (exact) mass is 417 g/mol. The number of aliphatic carboxylic acids is 1. The molecule has 0 amide bonds. The Labute approximate surface area is 183 Å². The van der Waals surface area contributed by atoms with Crippen LogP contribution in [0.15, 0.2) is 37.4 Å². The highest BCUT2D eigenvalue weighted by atomic mass is 32.1. The van der Waals surface area contributed by atoms with Crippen LogP contribution >= 0.6 is 12.6 Å². The minimum atomic E-state index is -0.818. The van der Waals surface area contributed by atoms with E-state index >= 15 is 0 Å². The predicted molar refractivity (Wildman–Crippen MR) is 127 cm³/mol. The van der Waals surface area contributed by atoms with Gasteiger partial charge in [0.2, 0.25) is 0 Å². The number of aromatic amines is 2. The fraction of sp³-hybridized carbons (Fsp3) is 0.611. The van der Waals surface area contributed by atoms with Crippen LogP contribution in [0.2, 0.25) is 6.32 Å². The van der Waals surface area contributed by atoms with E-state index in [0.29, 0.717) is 5.75 Å². The molecule has 29 heavy (non-hydrogen) atoms. The molecule has 11 heteroatoms. The van der Waals surface area contributed by atoms with Gasteiger partial charge in [0.25, 0.3) is 0 Å². The maximum atomic E-state index is 10.5. The number of carboxylic acid groups (broad SMARTS) is 1. The van der Waals surface area contributed by atoms with Crippen LogP contribution in [-0.4, -0.2) is 71.3 Å². The largest absolute Gasteiger partial charge is 0.480 e. The quantitative estimate of drug-likeness (QED) is 0.232. The Kier molecular flexibility index (Phi) is 24.9. The number of nitrogens with zero attached hydrogens (tertiary/aromatic N) is 2. The molecule has 2 heterocycles. The Balaban J connectivity index is 0. The van der Waals surface area contributed by atoms with Crippen molar-refractivity contribution in [1.29, 1.82) is 0 Å². The van der Waals surface area contributed by atoms with Crippen molar-refractivity contribution in [3.63, 3.8) is 0 Å². The van der Waals surface area contributed by atoms with Gasteiger partial charge in [0.05, 0.1) is 19.8 Å². The third-order valence-electron chi connectivity index (χ3n) is 3.21. The molecular formula is C18H34B3N5O2S. The molecular weight excluding hydrogens is 383 g/mol. The zero-order valence-electron chi connectivity index (χ0n) is 17.8. The van der Waals surface area contributed by atoms with Crippen LogP contribution < -0.4 is 5.32 Å². The van der Waals surface area contributed by atoms with Gasteiger partial charge in [-0.15, -0.1) is 0 Å². The highest BCUT2D eigenvalue weighted by Gasteiger charge is 2.12. The molecule has 0 bridgehead atoms. The molecule has 1 unspecified atom stereocenters. The van der Waals surface area contributed by atoms with Crippen LogP contribution in [0.25, 0.3) is 0 Å². The van der Waals surface area contributed by atoms with E-state index < -0.39 is 12.0 Å². The maximum absolute atomic E-state index is 10.5. The van der Waals surface area contributed by atoms with E-state index in [-0.39, 0.29) is 0 Å². The zero-order valence-corrected chi connectivity index (χ0v) is 18.7. The van der Waals surface area contributed by atoms with Gasteiger partial charge in [-0.1, -0.05) is 45.9 Å². The number of rotatable bonds is 10. The first-order chi connectivity index (χ1) is 14.0. The molecule has 0 fully saturated rings. The topological polar surface area (TPSA) is 107 Å². The Morgan fingerprint density at radius 3 is 2.03 bits per heavy atom. The van der Waals surface area contributed by atoms with Crippen LogP contribution in [0.4, 0.5) is 0 Å². The first kappa shape index (κ1) is 29.6. The molecule has 0 saturated carbocycles. The second-order valence-corrected chi connectivity index (χ2v) is 6.68. The summed E-state index contributed by atoms with van der Waals surface area (Å²) in [7, 11) is 8.67. The molecule has 7 nitrogen and oxygen atoms in total. The van der Waals surface area contributed by atoms with Crippen LogP contribution in [0, 0.1) is 5.92 Å². The number of aromatic nitrogens is 4. The molecule has 158 valence electrons. The maximum Gasteiger partial charge on any atom is 0.321 e. The van der Waals surface area contributed by atoms with Gasteiger partial charge in [-0.3, -0.25) is 4.79 Å². The van der Waals surface area contributed by atoms with Gasteiger partial charge in [0.15, 0.2) is 0 Å². The summed E-state index contributed by atoms with van der Waals surface area (Å²) >= 11 is 3.94. The number of thiol groups is 1. The summed E-state index contributed by atoms with van der Waals surface area (Å²) in [5, 5.41) is 11.5. The number of H-pyrrole nitrogens is 2. The first-order valence-corrected chi connectivity index (χ1v) is 10.4. The van der Waals surface area contributed by atoms with Gasteiger partial charge in [0.1, 0.15) is 6.04 Å². The Hall–Kier alpha value is -1.61. The standard InChI is InChI=1S/C8H17NO2S.C4H9B3.2C3H4N2/c1-2-3-4-5-9-7(6-12)8(10)11;1-4(2)3-6-7-5;2*1-2-5-3-4-1/h7,9,12H,2-6H2,1H3,(H,10,11);4H,3H2,1-2H3;2*1-3H,(H,4,5). The Morgan fingerprint density at radius 2 is 1.79 bits per heavy atom. The van der Waals surface area contributed by atoms with Crippen molar-refractivity contribution in [2.24, 2.45) is 5.92 Å². The van der Waals surface area contributed by atoms with Crippen LogP contribution in [-0.2, 0) is 4.79 Å². The van der Waals surface area contributed by atoms with Crippen molar-refractivity contribution >= 4 is 40.6 Å². The van der Waals surface area contributed by atoms with Crippen molar-refractivity contribution in [1.82, 2.24) is 25.3 Å². The van der Waals surface area contributed by atoms with Crippen molar-refractivity contribution in [3.8, 4) is 0 Å². The average Bonchev–Trinajstić information content (AvgIpc) is 3.45. The number of hydrogen-bond acceptors (Lipinski definition) is 5. The molecule has 0 saturated heterocycles. The Bertz CT molecular complexity index is 459. The lowest BCUT2D eigenvalue weighted by molar-refractivity contribution is -0.138. The third-order valence-corrected chi connectivity index (χ3v) is 3.57. The van der Waals surface area contributed by atoms with Crippen LogP contribution in [0.3, 0.4) is 0 Å². The molecule has 0 aliphatic rings. The summed E-state index contributed by atoms with van der Waals surface area (Å²) in [6.45, 7) is 7.22. The molecule has 0 aromatic carbocycles. The summed E-state index contributed by atoms with van der Waals surface area (Å²) < 4.78 is 0. The average molecular weight is 417 g/mol. The van der Waals surface area contributed by atoms with E-state index in [1.165, 1.54) is 0 Å². The molecule has 0 spiro atoms. The second-order valence-electron chi connectivity index (χ2n) is 6.31. The summed E-state index contributed by atoms with van der Waals surface area (Å²) in [5.74, 6) is 0.267. The van der Waals surface area contributed by atoms with Crippen LogP contribution in [0.5, 0.6) is 0 Å². The summed E-state index contributed by atoms with van der Waals surface area (Å²) in [4.78, 5) is 23.3.